The van der Waals surface area contributed by atoms with E-state index in [1.807, 2.05) is 23.1 Å². The Morgan fingerprint density at radius 1 is 1.40 bits per heavy atom. The van der Waals surface area contributed by atoms with Crippen LogP contribution in [0, 0.1) is 11.3 Å². The molecule has 2 aliphatic heterocycles. The summed E-state index contributed by atoms with van der Waals surface area (Å²) < 4.78 is 2.08. The number of nitriles is 1. The zero-order valence-corrected chi connectivity index (χ0v) is 21.1. The van der Waals surface area contributed by atoms with E-state index >= 15 is 0 Å². The number of hydrogen-bond acceptors (Lipinski definition) is 6. The summed E-state index contributed by atoms with van der Waals surface area (Å²) >= 11 is 12.1. The second-order valence-corrected chi connectivity index (χ2v) is 10.0. The monoisotopic (exact) mass is 507 g/mol. The van der Waals surface area contributed by atoms with E-state index in [2.05, 4.69) is 34.0 Å². The number of aromatic nitrogens is 2. The summed E-state index contributed by atoms with van der Waals surface area (Å²) in [4.78, 5) is 20.8. The highest BCUT2D eigenvalue weighted by Gasteiger charge is 2.59. The largest absolute Gasteiger partial charge is 0.317 e. The Bertz CT molecular complexity index is 1330. The third-order valence-electron chi connectivity index (χ3n) is 7.22. The van der Waals surface area contributed by atoms with Crippen LogP contribution in [0.4, 0.5) is 5.69 Å². The van der Waals surface area contributed by atoms with Crippen molar-refractivity contribution in [1.82, 2.24) is 20.0 Å². The third kappa shape index (κ3) is 3.86. The lowest BCUT2D eigenvalue weighted by Gasteiger charge is -2.43. The first-order chi connectivity index (χ1) is 16.9. The van der Waals surface area contributed by atoms with Crippen LogP contribution in [0.25, 0.3) is 10.9 Å². The van der Waals surface area contributed by atoms with Gasteiger partial charge in [0.1, 0.15) is 11.6 Å². The zero-order valence-electron chi connectivity index (χ0n) is 19.5. The van der Waals surface area contributed by atoms with Crippen LogP contribution in [0.1, 0.15) is 45.1 Å². The smallest absolute Gasteiger partial charge is 0.259 e. The van der Waals surface area contributed by atoms with Crippen LogP contribution in [0.2, 0.25) is 0 Å². The van der Waals surface area contributed by atoms with Gasteiger partial charge in [0.05, 0.1) is 16.6 Å². The molecule has 3 heterocycles. The van der Waals surface area contributed by atoms with Gasteiger partial charge < -0.3 is 10.2 Å². The van der Waals surface area contributed by atoms with Crippen LogP contribution in [0.15, 0.2) is 51.9 Å². The Balaban J connectivity index is 1.51. The van der Waals surface area contributed by atoms with E-state index in [4.69, 9.17) is 28.9 Å². The van der Waals surface area contributed by atoms with Crippen molar-refractivity contribution in [2.45, 2.75) is 50.6 Å². The summed E-state index contributed by atoms with van der Waals surface area (Å²) in [6.45, 7) is 7.13. The topological polar surface area (TPSA) is 89.5 Å². The Morgan fingerprint density at radius 2 is 2.14 bits per heavy atom. The quantitative estimate of drug-likeness (QED) is 0.279. The fraction of sp³-hybridized carbons (Fsp3) is 0.400. The first-order valence-electron chi connectivity index (χ1n) is 11.7. The molecule has 3 fully saturated rings. The number of amides is 1. The van der Waals surface area contributed by atoms with E-state index in [9.17, 15) is 10.1 Å². The maximum absolute atomic E-state index is 13.7. The third-order valence-corrected chi connectivity index (χ3v) is 7.87. The van der Waals surface area contributed by atoms with E-state index in [-0.39, 0.29) is 16.6 Å². The molecule has 8 nitrogen and oxygen atoms in total. The number of piperidine rings is 1. The molecule has 1 saturated carbocycles. The number of hydrogen-bond donors (Lipinski definition) is 1. The van der Waals surface area contributed by atoms with Gasteiger partial charge in [-0.25, -0.2) is 0 Å². The average Bonchev–Trinajstić information content (AvgIpc) is 3.35. The van der Waals surface area contributed by atoms with Gasteiger partial charge in [-0.05, 0) is 95.3 Å². The second-order valence-electron chi connectivity index (χ2n) is 9.23. The minimum absolute atomic E-state index is 0.00594. The number of aliphatic imine (C=N–C) groups is 1. The Kier molecular flexibility index (Phi) is 6.21. The van der Waals surface area contributed by atoms with Gasteiger partial charge in [0.25, 0.3) is 5.91 Å². The van der Waals surface area contributed by atoms with Gasteiger partial charge in [0.15, 0.2) is 10.8 Å². The number of carbonyl (C=O) groups is 1. The molecule has 1 aliphatic carbocycles. The summed E-state index contributed by atoms with van der Waals surface area (Å²) in [5, 5.41) is 19.0. The molecule has 35 heavy (non-hydrogen) atoms. The SMILES string of the molecule is C=N/C(C#N)=C(Cl)\C=C(/C)N1C(=O)C2(CCC2)N(c2ccc3cn(C4CCNCC4)nc3c2)C1=S. The van der Waals surface area contributed by atoms with E-state index in [0.717, 1.165) is 61.8 Å². The van der Waals surface area contributed by atoms with E-state index in [1.54, 1.807) is 13.0 Å². The molecule has 0 unspecified atom stereocenters. The minimum Gasteiger partial charge on any atom is -0.317 e. The highest BCUT2D eigenvalue weighted by Crippen LogP contribution is 2.48. The van der Waals surface area contributed by atoms with Crippen molar-refractivity contribution in [2.75, 3.05) is 18.0 Å². The first kappa shape index (κ1) is 23.7. The molecule has 0 atom stereocenters. The molecule has 0 radical (unpaired) electrons. The fourth-order valence-corrected chi connectivity index (χ4v) is 5.96. The van der Waals surface area contributed by atoms with Crippen LogP contribution < -0.4 is 10.2 Å². The van der Waals surface area contributed by atoms with E-state index in [1.165, 1.54) is 4.90 Å². The number of nitrogens with one attached hydrogen (secondary N) is 1. The maximum atomic E-state index is 13.7. The number of carbonyl (C=O) groups excluding carboxylic acids is 1. The van der Waals surface area contributed by atoms with Crippen LogP contribution in [0.5, 0.6) is 0 Å². The molecule has 1 amide bonds. The highest BCUT2D eigenvalue weighted by atomic mass is 35.5. The number of fused-ring (bicyclic) bond motifs is 1. The van der Waals surface area contributed by atoms with Crippen LogP contribution in [-0.4, -0.2) is 51.0 Å². The standard InChI is InChI=1S/C25H26ClN7OS/c1-16(12-20(26)22(14-27)28-2)32-23(34)25(8-3-9-25)33(24(32)35)19-5-4-17-15-31(30-21(17)13-19)18-6-10-29-11-7-18/h4-5,12-13,15,18,29H,2-3,6-11H2,1H3/b16-12+,22-20+. The molecular formula is C25H26ClN7OS. The van der Waals surface area contributed by atoms with Crippen molar-refractivity contribution < 1.29 is 4.79 Å². The lowest BCUT2D eigenvalue weighted by atomic mass is 9.75. The number of nitrogens with zero attached hydrogens (tertiary/aromatic N) is 6. The van der Waals surface area contributed by atoms with Crippen molar-refractivity contribution >= 4 is 58.1 Å². The first-order valence-corrected chi connectivity index (χ1v) is 12.5. The molecule has 1 aromatic heterocycles. The molecule has 0 bridgehead atoms. The summed E-state index contributed by atoms with van der Waals surface area (Å²) in [6, 6.07) is 8.38. The van der Waals surface area contributed by atoms with Crippen LogP contribution in [-0.2, 0) is 4.79 Å². The fourth-order valence-electron chi connectivity index (χ4n) is 5.19. The molecule has 1 N–H and O–H groups in total. The van der Waals surface area contributed by atoms with Crippen LogP contribution >= 0.6 is 23.8 Å². The molecular weight excluding hydrogens is 482 g/mol. The van der Waals surface area contributed by atoms with Crippen LogP contribution in [0.3, 0.4) is 0 Å². The lowest BCUT2D eigenvalue weighted by Crippen LogP contribution is -2.55. The van der Waals surface area contributed by atoms with E-state index in [0.29, 0.717) is 16.9 Å². The van der Waals surface area contributed by atoms with Gasteiger partial charge in [0.2, 0.25) is 0 Å². The second kappa shape index (κ2) is 9.19. The number of rotatable bonds is 5. The van der Waals surface area contributed by atoms with Gasteiger partial charge in [-0.3, -0.25) is 19.4 Å². The molecule has 1 spiro atoms. The maximum Gasteiger partial charge on any atom is 0.259 e. The number of allylic oxidation sites excluding steroid dienone is 4. The Labute approximate surface area is 214 Å². The molecule has 5 rings (SSSR count). The average molecular weight is 508 g/mol. The molecule has 2 saturated heterocycles. The van der Waals surface area contributed by atoms with Gasteiger partial charge in [0, 0.05) is 23.0 Å². The molecule has 180 valence electrons. The van der Waals surface area contributed by atoms with Gasteiger partial charge >= 0.3 is 0 Å². The summed E-state index contributed by atoms with van der Waals surface area (Å²) in [5.41, 5.74) is 1.56. The van der Waals surface area contributed by atoms with Gasteiger partial charge in [-0.1, -0.05) is 11.6 Å². The predicted octanol–water partition coefficient (Wildman–Crippen LogP) is 4.40. The van der Waals surface area contributed by atoms with Crippen molar-refractivity contribution in [2.24, 2.45) is 4.99 Å². The number of halogens is 1. The summed E-state index contributed by atoms with van der Waals surface area (Å²) in [7, 11) is 0. The zero-order chi connectivity index (χ0) is 24.7. The van der Waals surface area contributed by atoms with Crippen molar-refractivity contribution in [3.63, 3.8) is 0 Å². The molecule has 10 heteroatoms. The van der Waals surface area contributed by atoms with Gasteiger partial charge in [-0.2, -0.15) is 10.4 Å². The minimum atomic E-state index is -0.706. The van der Waals surface area contributed by atoms with Crippen molar-refractivity contribution in [1.29, 1.82) is 5.26 Å². The highest BCUT2D eigenvalue weighted by molar-refractivity contribution is 7.80. The number of anilines is 1. The summed E-state index contributed by atoms with van der Waals surface area (Å²) in [6.07, 6.45) is 8.15. The van der Waals surface area contributed by atoms with Gasteiger partial charge in [-0.15, -0.1) is 0 Å². The normalized spacial score (nSPS) is 21.3. The Morgan fingerprint density at radius 3 is 2.77 bits per heavy atom. The Hall–Kier alpha value is -3.06. The summed E-state index contributed by atoms with van der Waals surface area (Å²) in [5.74, 6) is -0.0719. The molecule has 3 aliphatic rings. The number of thiocarbonyl (C=S) groups is 1. The molecule has 1 aromatic carbocycles. The van der Waals surface area contributed by atoms with E-state index < -0.39 is 5.54 Å². The number of benzene rings is 1. The lowest BCUT2D eigenvalue weighted by molar-refractivity contribution is -0.131. The predicted molar refractivity (Wildman–Crippen MR) is 141 cm³/mol. The molecule has 2 aromatic rings. The van der Waals surface area contributed by atoms with Crippen molar-refractivity contribution in [3.05, 3.63) is 46.9 Å². The van der Waals surface area contributed by atoms with Crippen molar-refractivity contribution in [3.8, 4) is 6.07 Å².